The molecule has 0 saturated carbocycles. The van der Waals surface area contributed by atoms with Crippen LogP contribution in [0.25, 0.3) is 0 Å². The maximum atomic E-state index is 12.3. The topological polar surface area (TPSA) is 66.4 Å². The van der Waals surface area contributed by atoms with E-state index in [0.717, 1.165) is 22.3 Å². The molecular formula is C19H21NO3. The number of hydrogen-bond donors (Lipinski definition) is 2. The van der Waals surface area contributed by atoms with Gasteiger partial charge in [0.1, 0.15) is 6.04 Å². The lowest BCUT2D eigenvalue weighted by atomic mass is 10.0. The van der Waals surface area contributed by atoms with Gasteiger partial charge < -0.3 is 10.4 Å². The normalized spacial score (nSPS) is 11.8. The number of amides is 1. The Morgan fingerprint density at radius 3 is 2.22 bits per heavy atom. The number of aryl methyl sites for hydroxylation is 3. The number of aliphatic carboxylic acids is 1. The number of carboxylic acids is 1. The molecular weight excluding hydrogens is 290 g/mol. The summed E-state index contributed by atoms with van der Waals surface area (Å²) in [6.07, 6.45) is 0.257. The number of rotatable bonds is 5. The fourth-order valence-corrected chi connectivity index (χ4v) is 2.62. The predicted molar refractivity (Wildman–Crippen MR) is 89.7 cm³/mol. The Bertz CT molecular complexity index is 717. The lowest BCUT2D eigenvalue weighted by Gasteiger charge is -2.15. The smallest absolute Gasteiger partial charge is 0.326 e. The molecule has 0 bridgehead atoms. The lowest BCUT2D eigenvalue weighted by Crippen LogP contribution is -2.42. The fraction of sp³-hybridized carbons (Fsp3) is 0.263. The van der Waals surface area contributed by atoms with Crippen LogP contribution in [0, 0.1) is 20.8 Å². The molecule has 0 aliphatic rings. The van der Waals surface area contributed by atoms with Gasteiger partial charge in [-0.15, -0.1) is 0 Å². The van der Waals surface area contributed by atoms with Crippen molar-refractivity contribution in [2.45, 2.75) is 33.2 Å². The van der Waals surface area contributed by atoms with Crippen LogP contribution < -0.4 is 5.32 Å². The summed E-state index contributed by atoms with van der Waals surface area (Å²) in [5, 5.41) is 12.0. The van der Waals surface area contributed by atoms with Crippen molar-refractivity contribution in [3.05, 3.63) is 70.3 Å². The minimum atomic E-state index is -1.04. The van der Waals surface area contributed by atoms with E-state index in [0.29, 0.717) is 5.56 Å². The van der Waals surface area contributed by atoms with Crippen molar-refractivity contribution >= 4 is 11.9 Å². The highest BCUT2D eigenvalue weighted by molar-refractivity contribution is 5.97. The van der Waals surface area contributed by atoms with E-state index < -0.39 is 12.0 Å². The molecule has 2 N–H and O–H groups in total. The quantitative estimate of drug-likeness (QED) is 0.892. The molecule has 2 aromatic carbocycles. The Kier molecular flexibility index (Phi) is 5.16. The minimum Gasteiger partial charge on any atom is -0.480 e. The van der Waals surface area contributed by atoms with Crippen LogP contribution in [0.2, 0.25) is 0 Å². The summed E-state index contributed by atoms with van der Waals surface area (Å²) in [6.45, 7) is 5.77. The van der Waals surface area contributed by atoms with Crippen LogP contribution in [-0.4, -0.2) is 23.0 Å². The Balaban J connectivity index is 2.15. The standard InChI is InChI=1S/C19H21NO3/c1-12-5-4-6-15(8-12)11-17(19(22)23)20-18(21)16-9-13(2)7-14(3)10-16/h4-10,17H,11H2,1-3H3,(H,20,21)(H,22,23)/t17-/m1/s1. The molecule has 4 nitrogen and oxygen atoms in total. The van der Waals surface area contributed by atoms with E-state index in [9.17, 15) is 14.7 Å². The largest absolute Gasteiger partial charge is 0.480 e. The number of carboxylic acid groups (broad SMARTS) is 1. The molecule has 0 unspecified atom stereocenters. The van der Waals surface area contributed by atoms with E-state index in [1.54, 1.807) is 12.1 Å². The van der Waals surface area contributed by atoms with Crippen molar-refractivity contribution in [3.8, 4) is 0 Å². The number of benzene rings is 2. The zero-order chi connectivity index (χ0) is 17.0. The van der Waals surface area contributed by atoms with Gasteiger partial charge in [0.05, 0.1) is 0 Å². The van der Waals surface area contributed by atoms with Gasteiger partial charge in [0.15, 0.2) is 0 Å². The predicted octanol–water partition coefficient (Wildman–Crippen LogP) is 3.04. The molecule has 1 amide bonds. The second-order valence-corrected chi connectivity index (χ2v) is 5.93. The maximum Gasteiger partial charge on any atom is 0.326 e. The molecule has 2 aromatic rings. The Morgan fingerprint density at radius 1 is 1.00 bits per heavy atom. The molecule has 23 heavy (non-hydrogen) atoms. The van der Waals surface area contributed by atoms with Gasteiger partial charge in [-0.1, -0.05) is 47.0 Å². The van der Waals surface area contributed by atoms with E-state index in [1.165, 1.54) is 0 Å². The summed E-state index contributed by atoms with van der Waals surface area (Å²) >= 11 is 0. The number of carbonyl (C=O) groups excluding carboxylic acids is 1. The SMILES string of the molecule is Cc1cccc(C[C@@H](NC(=O)c2cc(C)cc(C)c2)C(=O)O)c1. The zero-order valence-electron chi connectivity index (χ0n) is 13.6. The molecule has 0 heterocycles. The van der Waals surface area contributed by atoms with E-state index >= 15 is 0 Å². The number of carbonyl (C=O) groups is 2. The summed E-state index contributed by atoms with van der Waals surface area (Å²) in [6, 6.07) is 12.2. The Hall–Kier alpha value is -2.62. The third-order valence-electron chi connectivity index (χ3n) is 3.61. The third-order valence-corrected chi connectivity index (χ3v) is 3.61. The van der Waals surface area contributed by atoms with Crippen LogP contribution in [0.15, 0.2) is 42.5 Å². The summed E-state index contributed by atoms with van der Waals surface area (Å²) in [4.78, 5) is 23.8. The Morgan fingerprint density at radius 2 is 1.65 bits per heavy atom. The van der Waals surface area contributed by atoms with Crippen molar-refractivity contribution in [1.82, 2.24) is 5.32 Å². The van der Waals surface area contributed by atoms with Crippen molar-refractivity contribution < 1.29 is 14.7 Å². The van der Waals surface area contributed by atoms with Gasteiger partial charge in [-0.05, 0) is 38.5 Å². The molecule has 120 valence electrons. The number of hydrogen-bond acceptors (Lipinski definition) is 2. The average Bonchev–Trinajstić information content (AvgIpc) is 2.45. The first-order valence-corrected chi connectivity index (χ1v) is 7.52. The van der Waals surface area contributed by atoms with Crippen molar-refractivity contribution in [3.63, 3.8) is 0 Å². The van der Waals surface area contributed by atoms with Gasteiger partial charge in [-0.3, -0.25) is 4.79 Å². The van der Waals surface area contributed by atoms with Crippen LogP contribution in [0.5, 0.6) is 0 Å². The first-order valence-electron chi connectivity index (χ1n) is 7.52. The molecule has 0 saturated heterocycles. The first-order chi connectivity index (χ1) is 10.8. The van der Waals surface area contributed by atoms with Crippen molar-refractivity contribution in [1.29, 1.82) is 0 Å². The zero-order valence-corrected chi connectivity index (χ0v) is 13.6. The second-order valence-electron chi connectivity index (χ2n) is 5.93. The molecule has 4 heteroatoms. The second kappa shape index (κ2) is 7.09. The van der Waals surface area contributed by atoms with E-state index in [-0.39, 0.29) is 12.3 Å². The van der Waals surface area contributed by atoms with Crippen LogP contribution in [-0.2, 0) is 11.2 Å². The molecule has 2 rings (SSSR count). The van der Waals surface area contributed by atoms with Crippen LogP contribution >= 0.6 is 0 Å². The maximum absolute atomic E-state index is 12.3. The Labute approximate surface area is 136 Å². The summed E-state index contributed by atoms with van der Waals surface area (Å²) in [5.74, 6) is -1.40. The highest BCUT2D eigenvalue weighted by Crippen LogP contribution is 2.11. The van der Waals surface area contributed by atoms with Crippen molar-refractivity contribution in [2.75, 3.05) is 0 Å². The molecule has 0 radical (unpaired) electrons. The van der Waals surface area contributed by atoms with Gasteiger partial charge >= 0.3 is 5.97 Å². The molecule has 0 aromatic heterocycles. The van der Waals surface area contributed by atoms with Crippen LogP contribution in [0.1, 0.15) is 32.6 Å². The summed E-state index contributed by atoms with van der Waals surface area (Å²) in [5.41, 5.74) is 4.38. The monoisotopic (exact) mass is 311 g/mol. The molecule has 0 aliphatic heterocycles. The molecule has 1 atom stereocenters. The highest BCUT2D eigenvalue weighted by atomic mass is 16.4. The highest BCUT2D eigenvalue weighted by Gasteiger charge is 2.21. The molecule has 0 spiro atoms. The molecule has 0 fully saturated rings. The van der Waals surface area contributed by atoms with Gasteiger partial charge in [0, 0.05) is 12.0 Å². The third kappa shape index (κ3) is 4.68. The van der Waals surface area contributed by atoms with Crippen LogP contribution in [0.4, 0.5) is 0 Å². The summed E-state index contributed by atoms with van der Waals surface area (Å²) < 4.78 is 0. The first kappa shape index (κ1) is 16.7. The van der Waals surface area contributed by atoms with Gasteiger partial charge in [-0.25, -0.2) is 4.79 Å². The summed E-state index contributed by atoms with van der Waals surface area (Å²) in [7, 11) is 0. The van der Waals surface area contributed by atoms with Crippen molar-refractivity contribution in [2.24, 2.45) is 0 Å². The number of nitrogens with one attached hydrogen (secondary N) is 1. The lowest BCUT2D eigenvalue weighted by molar-refractivity contribution is -0.139. The fourth-order valence-electron chi connectivity index (χ4n) is 2.62. The van der Waals surface area contributed by atoms with E-state index in [2.05, 4.69) is 5.32 Å². The average molecular weight is 311 g/mol. The van der Waals surface area contributed by atoms with Gasteiger partial charge in [0.25, 0.3) is 5.91 Å². The molecule has 0 aliphatic carbocycles. The minimum absolute atomic E-state index is 0.257. The van der Waals surface area contributed by atoms with Gasteiger partial charge in [-0.2, -0.15) is 0 Å². The van der Waals surface area contributed by atoms with E-state index in [1.807, 2.05) is 51.1 Å². The van der Waals surface area contributed by atoms with Gasteiger partial charge in [0.2, 0.25) is 0 Å². The van der Waals surface area contributed by atoms with Crippen LogP contribution in [0.3, 0.4) is 0 Å². The van der Waals surface area contributed by atoms with E-state index in [4.69, 9.17) is 0 Å².